The molecule has 0 unspecified atom stereocenters. The second-order valence-electron chi connectivity index (χ2n) is 6.44. The molecule has 2 nitrogen and oxygen atoms in total. The van der Waals surface area contributed by atoms with Crippen LogP contribution in [0.1, 0.15) is 53.9 Å². The van der Waals surface area contributed by atoms with E-state index >= 15 is 0 Å². The smallest absolute Gasteiger partial charge is 0.219 e. The third-order valence-electron chi connectivity index (χ3n) is 5.31. The predicted molar refractivity (Wildman–Crippen MR) is 88.0 cm³/mol. The first-order chi connectivity index (χ1) is 10.8. The Morgan fingerprint density at radius 1 is 1.00 bits per heavy atom. The molecule has 112 valence electrons. The van der Waals surface area contributed by atoms with Gasteiger partial charge < -0.3 is 5.32 Å². The van der Waals surface area contributed by atoms with E-state index in [1.165, 1.54) is 22.3 Å². The molecule has 3 aliphatic rings. The van der Waals surface area contributed by atoms with Crippen molar-refractivity contribution >= 4 is 5.91 Å². The van der Waals surface area contributed by atoms with Crippen LogP contribution in [0.4, 0.5) is 0 Å². The zero-order valence-electron chi connectivity index (χ0n) is 12.9. The first-order valence-electron chi connectivity index (χ1n) is 8.24. The summed E-state index contributed by atoms with van der Waals surface area (Å²) >= 11 is 0. The van der Waals surface area contributed by atoms with E-state index < -0.39 is 0 Å². The Balaban J connectivity index is 1.74. The molecule has 22 heavy (non-hydrogen) atoms. The van der Waals surface area contributed by atoms with Crippen molar-refractivity contribution in [3.63, 3.8) is 0 Å². The number of amides is 1. The molecule has 1 atom stereocenters. The maximum atomic E-state index is 11.6. The molecule has 0 saturated heterocycles. The SMILES string of the molecule is CCC(=O)NC[C@H]1CC2c3ccccc3C1c1ccccc12. The fourth-order valence-corrected chi connectivity index (χ4v) is 4.33. The fourth-order valence-electron chi connectivity index (χ4n) is 4.33. The van der Waals surface area contributed by atoms with Crippen molar-refractivity contribution < 1.29 is 4.79 Å². The van der Waals surface area contributed by atoms with Gasteiger partial charge in [0.2, 0.25) is 5.91 Å². The molecule has 0 heterocycles. The van der Waals surface area contributed by atoms with Gasteiger partial charge >= 0.3 is 0 Å². The number of hydrogen-bond acceptors (Lipinski definition) is 1. The molecular formula is C20H21NO. The van der Waals surface area contributed by atoms with Crippen LogP contribution in [0.25, 0.3) is 0 Å². The topological polar surface area (TPSA) is 29.1 Å². The Labute approximate surface area is 131 Å². The van der Waals surface area contributed by atoms with Gasteiger partial charge in [-0.15, -0.1) is 0 Å². The highest BCUT2D eigenvalue weighted by Gasteiger charge is 2.42. The molecular weight excluding hydrogens is 270 g/mol. The van der Waals surface area contributed by atoms with Crippen molar-refractivity contribution in [1.82, 2.24) is 5.32 Å². The molecule has 2 aromatic carbocycles. The first-order valence-corrected chi connectivity index (χ1v) is 8.24. The van der Waals surface area contributed by atoms with Gasteiger partial charge in [-0.25, -0.2) is 0 Å². The van der Waals surface area contributed by atoms with Crippen molar-refractivity contribution in [2.75, 3.05) is 6.54 Å². The van der Waals surface area contributed by atoms with Crippen LogP contribution in [-0.2, 0) is 4.79 Å². The third-order valence-corrected chi connectivity index (χ3v) is 5.31. The quantitative estimate of drug-likeness (QED) is 0.915. The number of carbonyl (C=O) groups excluding carboxylic acids is 1. The molecule has 0 radical (unpaired) electrons. The van der Waals surface area contributed by atoms with Crippen molar-refractivity contribution in [1.29, 1.82) is 0 Å². The highest BCUT2D eigenvalue weighted by Crippen LogP contribution is 2.54. The van der Waals surface area contributed by atoms with Gasteiger partial charge in [-0.1, -0.05) is 55.5 Å². The Morgan fingerprint density at radius 2 is 1.55 bits per heavy atom. The van der Waals surface area contributed by atoms with E-state index in [1.54, 1.807) is 0 Å². The summed E-state index contributed by atoms with van der Waals surface area (Å²) in [5.74, 6) is 1.57. The first kappa shape index (κ1) is 13.6. The van der Waals surface area contributed by atoms with Crippen LogP contribution in [0, 0.1) is 5.92 Å². The van der Waals surface area contributed by atoms with Crippen molar-refractivity contribution in [3.05, 3.63) is 70.8 Å². The minimum Gasteiger partial charge on any atom is -0.356 e. The van der Waals surface area contributed by atoms with Gasteiger partial charge in [0.15, 0.2) is 0 Å². The predicted octanol–water partition coefficient (Wildman–Crippen LogP) is 3.81. The Morgan fingerprint density at radius 3 is 2.09 bits per heavy atom. The molecule has 1 amide bonds. The summed E-state index contributed by atoms with van der Waals surface area (Å²) in [5, 5.41) is 3.11. The van der Waals surface area contributed by atoms with E-state index in [4.69, 9.17) is 0 Å². The van der Waals surface area contributed by atoms with Crippen LogP contribution >= 0.6 is 0 Å². The van der Waals surface area contributed by atoms with E-state index in [0.717, 1.165) is 13.0 Å². The number of rotatable bonds is 3. The normalized spacial score (nSPS) is 24.5. The molecule has 2 heteroatoms. The van der Waals surface area contributed by atoms with Crippen molar-refractivity contribution in [2.45, 2.75) is 31.6 Å². The summed E-state index contributed by atoms with van der Waals surface area (Å²) in [5.41, 5.74) is 5.91. The van der Waals surface area contributed by atoms with Gasteiger partial charge in [0.25, 0.3) is 0 Å². The molecule has 0 aliphatic heterocycles. The van der Waals surface area contributed by atoms with E-state index in [9.17, 15) is 4.79 Å². The Kier molecular flexibility index (Phi) is 3.25. The molecule has 1 N–H and O–H groups in total. The standard InChI is InChI=1S/C20H21NO/c1-2-19(22)21-12-13-11-18-14-7-3-5-9-16(14)20(13)17-10-6-4-8-15(17)18/h3-10,13,18,20H,2,11-12H2,1H3,(H,21,22)/t13-,18?,20?/m1/s1. The fraction of sp³-hybridized carbons (Fsp3) is 0.350. The van der Waals surface area contributed by atoms with Crippen molar-refractivity contribution in [3.8, 4) is 0 Å². The maximum Gasteiger partial charge on any atom is 0.219 e. The number of hydrogen-bond donors (Lipinski definition) is 1. The van der Waals surface area contributed by atoms with E-state index in [-0.39, 0.29) is 5.91 Å². The molecule has 0 aromatic heterocycles. The van der Waals surface area contributed by atoms with Crippen LogP contribution in [0.2, 0.25) is 0 Å². The lowest BCUT2D eigenvalue weighted by Crippen LogP contribution is -2.39. The Bertz CT molecular complexity index is 674. The second-order valence-corrected chi connectivity index (χ2v) is 6.44. The molecule has 0 fully saturated rings. The summed E-state index contributed by atoms with van der Waals surface area (Å²) in [6.45, 7) is 2.70. The van der Waals surface area contributed by atoms with Gasteiger partial charge in [0, 0.05) is 24.8 Å². The van der Waals surface area contributed by atoms with Gasteiger partial charge in [-0.2, -0.15) is 0 Å². The zero-order valence-corrected chi connectivity index (χ0v) is 12.9. The van der Waals surface area contributed by atoms with Crippen LogP contribution < -0.4 is 5.32 Å². The molecule has 0 spiro atoms. The third kappa shape index (κ3) is 1.98. The maximum absolute atomic E-state index is 11.6. The van der Waals surface area contributed by atoms with Crippen LogP contribution in [0.15, 0.2) is 48.5 Å². The van der Waals surface area contributed by atoms with Crippen LogP contribution in [-0.4, -0.2) is 12.5 Å². The van der Waals surface area contributed by atoms with Gasteiger partial charge in [-0.3, -0.25) is 4.79 Å². The summed E-state index contributed by atoms with van der Waals surface area (Å²) in [4.78, 5) is 11.6. The number of fused-ring (bicyclic) bond motifs is 1. The lowest BCUT2D eigenvalue weighted by atomic mass is 9.59. The number of nitrogens with one attached hydrogen (secondary N) is 1. The van der Waals surface area contributed by atoms with Gasteiger partial charge in [-0.05, 0) is 34.6 Å². The van der Waals surface area contributed by atoms with Crippen LogP contribution in [0.3, 0.4) is 0 Å². The van der Waals surface area contributed by atoms with Crippen LogP contribution in [0.5, 0.6) is 0 Å². The molecule has 2 aromatic rings. The van der Waals surface area contributed by atoms with E-state index in [2.05, 4.69) is 53.8 Å². The molecule has 2 bridgehead atoms. The number of benzene rings is 2. The Hall–Kier alpha value is -2.09. The minimum atomic E-state index is 0.156. The summed E-state index contributed by atoms with van der Waals surface area (Å²) in [7, 11) is 0. The van der Waals surface area contributed by atoms with Crippen molar-refractivity contribution in [2.24, 2.45) is 5.92 Å². The summed E-state index contributed by atoms with van der Waals surface area (Å²) in [6, 6.07) is 17.7. The van der Waals surface area contributed by atoms with Gasteiger partial charge in [0.1, 0.15) is 0 Å². The average molecular weight is 291 g/mol. The minimum absolute atomic E-state index is 0.156. The summed E-state index contributed by atoms with van der Waals surface area (Å²) < 4.78 is 0. The molecule has 3 aliphatic carbocycles. The summed E-state index contributed by atoms with van der Waals surface area (Å²) in [6.07, 6.45) is 1.71. The lowest BCUT2D eigenvalue weighted by Gasteiger charge is -2.45. The largest absolute Gasteiger partial charge is 0.356 e. The lowest BCUT2D eigenvalue weighted by molar-refractivity contribution is -0.121. The monoisotopic (exact) mass is 291 g/mol. The van der Waals surface area contributed by atoms with E-state index in [1.807, 2.05) is 6.92 Å². The highest BCUT2D eigenvalue weighted by molar-refractivity contribution is 5.75. The zero-order chi connectivity index (χ0) is 15.1. The van der Waals surface area contributed by atoms with Gasteiger partial charge in [0.05, 0.1) is 0 Å². The molecule has 0 saturated carbocycles. The number of carbonyl (C=O) groups is 1. The average Bonchev–Trinajstić information content (AvgIpc) is 2.59. The second kappa shape index (κ2) is 5.28. The highest BCUT2D eigenvalue weighted by atomic mass is 16.1. The molecule has 5 rings (SSSR count). The van der Waals surface area contributed by atoms with E-state index in [0.29, 0.717) is 24.2 Å².